The van der Waals surface area contributed by atoms with Gasteiger partial charge >= 0.3 is 0 Å². The van der Waals surface area contributed by atoms with Gasteiger partial charge in [-0.05, 0) is 45.3 Å². The highest BCUT2D eigenvalue weighted by molar-refractivity contribution is 4.77. The molecule has 1 rings (SSSR count). The molecule has 0 aromatic rings. The van der Waals surface area contributed by atoms with Crippen LogP contribution in [0.4, 0.5) is 0 Å². The first-order chi connectivity index (χ1) is 6.36. The molecule has 1 aliphatic heterocycles. The van der Waals surface area contributed by atoms with E-state index in [2.05, 4.69) is 24.1 Å². The molecule has 1 unspecified atom stereocenters. The Kier molecular flexibility index (Phi) is 5.40. The van der Waals surface area contributed by atoms with Gasteiger partial charge in [0.25, 0.3) is 0 Å². The van der Waals surface area contributed by atoms with Gasteiger partial charge in [0.2, 0.25) is 0 Å². The lowest BCUT2D eigenvalue weighted by molar-refractivity contribution is 0.191. The van der Waals surface area contributed by atoms with E-state index in [0.717, 1.165) is 6.04 Å². The fraction of sp³-hybridized carbons (Fsp3) is 1.00. The average Bonchev–Trinajstić information content (AvgIpc) is 2.16. The van der Waals surface area contributed by atoms with Crippen LogP contribution in [-0.4, -0.2) is 37.1 Å². The topological polar surface area (TPSA) is 15.3 Å². The second-order valence-electron chi connectivity index (χ2n) is 4.09. The number of hydrogen-bond acceptors (Lipinski definition) is 2. The molecule has 1 N–H and O–H groups in total. The maximum atomic E-state index is 3.62. The van der Waals surface area contributed by atoms with E-state index in [1.165, 1.54) is 51.9 Å². The summed E-state index contributed by atoms with van der Waals surface area (Å²) in [6, 6.07) is 0.764. The summed E-state index contributed by atoms with van der Waals surface area (Å²) in [5.74, 6) is 0. The standard InChI is InChI=1S/C11H24N2/c1-3-7-12-11-6-5-9-13(10-11)8-4-2/h11-12H,3-10H2,1-2H3. The zero-order valence-corrected chi connectivity index (χ0v) is 9.18. The molecule has 0 aromatic heterocycles. The molecule has 0 saturated carbocycles. The van der Waals surface area contributed by atoms with Crippen molar-refractivity contribution in [3.8, 4) is 0 Å². The number of nitrogens with zero attached hydrogens (tertiary/aromatic N) is 1. The fourth-order valence-electron chi connectivity index (χ4n) is 2.09. The highest BCUT2D eigenvalue weighted by Gasteiger charge is 2.17. The summed E-state index contributed by atoms with van der Waals surface area (Å²) in [4.78, 5) is 2.59. The maximum Gasteiger partial charge on any atom is 0.0195 e. The lowest BCUT2D eigenvalue weighted by Crippen LogP contribution is -2.46. The lowest BCUT2D eigenvalue weighted by atomic mass is 10.1. The Morgan fingerprint density at radius 3 is 2.85 bits per heavy atom. The predicted molar refractivity (Wildman–Crippen MR) is 58.0 cm³/mol. The van der Waals surface area contributed by atoms with Gasteiger partial charge in [0.15, 0.2) is 0 Å². The van der Waals surface area contributed by atoms with Crippen molar-refractivity contribution in [1.29, 1.82) is 0 Å². The lowest BCUT2D eigenvalue weighted by Gasteiger charge is -2.33. The van der Waals surface area contributed by atoms with E-state index < -0.39 is 0 Å². The number of nitrogens with one attached hydrogen (secondary N) is 1. The van der Waals surface area contributed by atoms with E-state index in [9.17, 15) is 0 Å². The van der Waals surface area contributed by atoms with Crippen molar-refractivity contribution < 1.29 is 0 Å². The average molecular weight is 184 g/mol. The molecule has 1 fully saturated rings. The van der Waals surface area contributed by atoms with Crippen molar-refractivity contribution in [2.45, 2.75) is 45.6 Å². The third-order valence-corrected chi connectivity index (χ3v) is 2.73. The quantitative estimate of drug-likeness (QED) is 0.701. The van der Waals surface area contributed by atoms with Crippen LogP contribution in [0.25, 0.3) is 0 Å². The summed E-state index contributed by atoms with van der Waals surface area (Å²) in [5.41, 5.74) is 0. The van der Waals surface area contributed by atoms with Crippen molar-refractivity contribution in [3.05, 3.63) is 0 Å². The SMILES string of the molecule is CCCNC1CCCN(CCC)C1. The summed E-state index contributed by atoms with van der Waals surface area (Å²) in [6.45, 7) is 9.56. The Morgan fingerprint density at radius 1 is 1.31 bits per heavy atom. The van der Waals surface area contributed by atoms with Gasteiger partial charge in [-0.15, -0.1) is 0 Å². The van der Waals surface area contributed by atoms with Crippen LogP contribution in [0.15, 0.2) is 0 Å². The highest BCUT2D eigenvalue weighted by Crippen LogP contribution is 2.09. The molecule has 13 heavy (non-hydrogen) atoms. The Morgan fingerprint density at radius 2 is 2.15 bits per heavy atom. The molecule has 0 bridgehead atoms. The van der Waals surface area contributed by atoms with Gasteiger partial charge in [-0.1, -0.05) is 13.8 Å². The van der Waals surface area contributed by atoms with E-state index in [-0.39, 0.29) is 0 Å². The Hall–Kier alpha value is -0.0800. The molecule has 78 valence electrons. The summed E-state index contributed by atoms with van der Waals surface area (Å²) < 4.78 is 0. The third kappa shape index (κ3) is 4.10. The smallest absolute Gasteiger partial charge is 0.0195 e. The predicted octanol–water partition coefficient (Wildman–Crippen LogP) is 1.86. The maximum absolute atomic E-state index is 3.62. The number of likely N-dealkylation sites (tertiary alicyclic amines) is 1. The van der Waals surface area contributed by atoms with Gasteiger partial charge in [0.1, 0.15) is 0 Å². The van der Waals surface area contributed by atoms with Gasteiger partial charge in [-0.3, -0.25) is 0 Å². The normalized spacial score (nSPS) is 24.9. The molecule has 0 spiro atoms. The third-order valence-electron chi connectivity index (χ3n) is 2.73. The van der Waals surface area contributed by atoms with Crippen molar-refractivity contribution >= 4 is 0 Å². The molecular formula is C11H24N2. The monoisotopic (exact) mass is 184 g/mol. The first-order valence-corrected chi connectivity index (χ1v) is 5.82. The van der Waals surface area contributed by atoms with Crippen LogP contribution in [0, 0.1) is 0 Å². The van der Waals surface area contributed by atoms with Gasteiger partial charge in [-0.2, -0.15) is 0 Å². The largest absolute Gasteiger partial charge is 0.313 e. The number of piperidine rings is 1. The van der Waals surface area contributed by atoms with Crippen LogP contribution in [0.3, 0.4) is 0 Å². The first kappa shape index (κ1) is 11.0. The number of rotatable bonds is 5. The highest BCUT2D eigenvalue weighted by atomic mass is 15.2. The summed E-state index contributed by atoms with van der Waals surface area (Å²) >= 11 is 0. The molecule has 0 radical (unpaired) electrons. The van der Waals surface area contributed by atoms with Crippen molar-refractivity contribution in [2.24, 2.45) is 0 Å². The van der Waals surface area contributed by atoms with Crippen molar-refractivity contribution in [3.63, 3.8) is 0 Å². The van der Waals surface area contributed by atoms with E-state index in [4.69, 9.17) is 0 Å². The molecule has 0 aliphatic carbocycles. The second-order valence-corrected chi connectivity index (χ2v) is 4.09. The van der Waals surface area contributed by atoms with E-state index >= 15 is 0 Å². The summed E-state index contributed by atoms with van der Waals surface area (Å²) in [5, 5.41) is 3.62. The summed E-state index contributed by atoms with van der Waals surface area (Å²) in [7, 11) is 0. The Bertz CT molecular complexity index is 123. The number of hydrogen-bond donors (Lipinski definition) is 1. The minimum Gasteiger partial charge on any atom is -0.313 e. The zero-order valence-electron chi connectivity index (χ0n) is 9.18. The first-order valence-electron chi connectivity index (χ1n) is 5.82. The molecule has 1 saturated heterocycles. The molecule has 2 nitrogen and oxygen atoms in total. The minimum absolute atomic E-state index is 0.764. The molecule has 0 aromatic carbocycles. The molecular weight excluding hydrogens is 160 g/mol. The van der Waals surface area contributed by atoms with E-state index in [1.807, 2.05) is 0 Å². The molecule has 1 heterocycles. The molecule has 1 atom stereocenters. The van der Waals surface area contributed by atoms with Crippen molar-refractivity contribution in [1.82, 2.24) is 10.2 Å². The van der Waals surface area contributed by atoms with Gasteiger partial charge in [0, 0.05) is 12.6 Å². The van der Waals surface area contributed by atoms with E-state index in [1.54, 1.807) is 0 Å². The Labute approximate surface area is 82.7 Å². The Balaban J connectivity index is 2.16. The van der Waals surface area contributed by atoms with Crippen LogP contribution in [0.1, 0.15) is 39.5 Å². The van der Waals surface area contributed by atoms with Crippen LogP contribution in [0.5, 0.6) is 0 Å². The van der Waals surface area contributed by atoms with Crippen LogP contribution in [0.2, 0.25) is 0 Å². The van der Waals surface area contributed by atoms with Gasteiger partial charge in [0.05, 0.1) is 0 Å². The van der Waals surface area contributed by atoms with Crippen LogP contribution >= 0.6 is 0 Å². The van der Waals surface area contributed by atoms with Gasteiger partial charge < -0.3 is 10.2 Å². The van der Waals surface area contributed by atoms with Gasteiger partial charge in [-0.25, -0.2) is 0 Å². The second kappa shape index (κ2) is 6.39. The molecule has 1 aliphatic rings. The van der Waals surface area contributed by atoms with E-state index in [0.29, 0.717) is 0 Å². The fourth-order valence-corrected chi connectivity index (χ4v) is 2.09. The van der Waals surface area contributed by atoms with Crippen molar-refractivity contribution in [2.75, 3.05) is 26.2 Å². The minimum atomic E-state index is 0.764. The van der Waals surface area contributed by atoms with Crippen LogP contribution in [-0.2, 0) is 0 Å². The molecule has 0 amide bonds. The molecule has 2 heteroatoms. The van der Waals surface area contributed by atoms with Crippen LogP contribution < -0.4 is 5.32 Å². The zero-order chi connectivity index (χ0) is 9.52. The summed E-state index contributed by atoms with van der Waals surface area (Å²) in [6.07, 6.45) is 5.30.